The lowest BCUT2D eigenvalue weighted by molar-refractivity contribution is -0.131. The summed E-state index contributed by atoms with van der Waals surface area (Å²) in [6, 6.07) is 20.8. The van der Waals surface area contributed by atoms with E-state index in [-0.39, 0.29) is 5.82 Å². The van der Waals surface area contributed by atoms with Gasteiger partial charge in [0.15, 0.2) is 0 Å². The summed E-state index contributed by atoms with van der Waals surface area (Å²) in [6.45, 7) is 0. The molecule has 2 amide bonds. The van der Waals surface area contributed by atoms with Crippen molar-refractivity contribution < 1.29 is 23.8 Å². The first-order valence-electron chi connectivity index (χ1n) is 9.54. The largest absolute Gasteiger partial charge is 0.478 e. The lowest BCUT2D eigenvalue weighted by atomic mass is 10.1. The predicted octanol–water partition coefficient (Wildman–Crippen LogP) is 4.99. The zero-order chi connectivity index (χ0) is 22.1. The third-order valence-corrected chi connectivity index (χ3v) is 4.25. The molecular formula is C24H21FN2O4. The molecule has 0 spiro atoms. The highest BCUT2D eigenvalue weighted by Crippen LogP contribution is 2.23. The first-order chi connectivity index (χ1) is 15.0. The Bertz CT molecular complexity index is 1040. The number of halogens is 1. The maximum atomic E-state index is 13.0. The van der Waals surface area contributed by atoms with Gasteiger partial charge in [-0.2, -0.15) is 0 Å². The van der Waals surface area contributed by atoms with Gasteiger partial charge in [-0.1, -0.05) is 36.4 Å². The summed E-state index contributed by atoms with van der Waals surface area (Å²) in [7, 11) is 0. The Morgan fingerprint density at radius 2 is 1.55 bits per heavy atom. The number of amides is 2. The normalized spacial score (nSPS) is 11.6. The van der Waals surface area contributed by atoms with Crippen LogP contribution in [-0.2, 0) is 11.2 Å². The molecule has 0 aliphatic heterocycles. The van der Waals surface area contributed by atoms with Gasteiger partial charge in [-0.15, -0.1) is 0 Å². The zero-order valence-corrected chi connectivity index (χ0v) is 16.5. The molecule has 0 aliphatic rings. The zero-order valence-electron chi connectivity index (χ0n) is 16.5. The number of nitrogens with one attached hydrogen (secondary N) is 2. The Morgan fingerprint density at radius 3 is 2.16 bits per heavy atom. The molecule has 0 heterocycles. The smallest absolute Gasteiger partial charge is 0.328 e. The fourth-order valence-electron chi connectivity index (χ4n) is 2.81. The molecule has 3 aromatic carbocycles. The molecule has 31 heavy (non-hydrogen) atoms. The highest BCUT2D eigenvalue weighted by Gasteiger charge is 2.11. The van der Waals surface area contributed by atoms with Gasteiger partial charge in [0.25, 0.3) is 0 Å². The molecule has 0 aliphatic carbocycles. The van der Waals surface area contributed by atoms with Gasteiger partial charge in [0.05, 0.1) is 6.04 Å². The van der Waals surface area contributed by atoms with Gasteiger partial charge >= 0.3 is 12.0 Å². The highest BCUT2D eigenvalue weighted by molar-refractivity contribution is 5.89. The molecule has 0 radical (unpaired) electrons. The van der Waals surface area contributed by atoms with Crippen LogP contribution < -0.4 is 15.4 Å². The minimum Gasteiger partial charge on any atom is -0.478 e. The van der Waals surface area contributed by atoms with Crippen molar-refractivity contribution in [3.05, 3.63) is 102 Å². The molecule has 6 nitrogen and oxygen atoms in total. The predicted molar refractivity (Wildman–Crippen MR) is 116 cm³/mol. The maximum absolute atomic E-state index is 13.0. The van der Waals surface area contributed by atoms with Crippen LogP contribution in [-0.4, -0.2) is 23.1 Å². The molecule has 1 unspecified atom stereocenters. The van der Waals surface area contributed by atoms with Crippen molar-refractivity contribution in [3.8, 4) is 11.5 Å². The SMILES string of the molecule is O=C(O)C=CC(Cc1ccccc1)NC(=O)Nc1ccc(Oc2ccc(F)cc2)cc1. The second kappa shape index (κ2) is 10.6. The van der Waals surface area contributed by atoms with Gasteiger partial charge in [0.2, 0.25) is 0 Å². The summed E-state index contributed by atoms with van der Waals surface area (Å²) in [4.78, 5) is 23.3. The molecule has 1 atom stereocenters. The van der Waals surface area contributed by atoms with Crippen molar-refractivity contribution >= 4 is 17.7 Å². The number of aliphatic carboxylic acids is 1. The van der Waals surface area contributed by atoms with Gasteiger partial charge in [-0.25, -0.2) is 14.0 Å². The molecule has 0 fully saturated rings. The summed E-state index contributed by atoms with van der Waals surface area (Å²) in [5, 5.41) is 14.4. The average molecular weight is 420 g/mol. The molecule has 3 aromatic rings. The second-order valence-electron chi connectivity index (χ2n) is 6.67. The highest BCUT2D eigenvalue weighted by atomic mass is 19.1. The summed E-state index contributed by atoms with van der Waals surface area (Å²) >= 11 is 0. The lowest BCUT2D eigenvalue weighted by Crippen LogP contribution is -2.38. The van der Waals surface area contributed by atoms with E-state index in [1.54, 1.807) is 24.3 Å². The number of hydrogen-bond donors (Lipinski definition) is 3. The van der Waals surface area contributed by atoms with Crippen molar-refractivity contribution in [2.45, 2.75) is 12.5 Å². The molecule has 3 rings (SSSR count). The number of carboxylic acids is 1. The van der Waals surface area contributed by atoms with Crippen molar-refractivity contribution in [1.82, 2.24) is 5.32 Å². The van der Waals surface area contributed by atoms with Crippen LogP contribution in [0.3, 0.4) is 0 Å². The molecule has 158 valence electrons. The van der Waals surface area contributed by atoms with Crippen molar-refractivity contribution in [3.63, 3.8) is 0 Å². The van der Waals surface area contributed by atoms with Gasteiger partial charge in [0, 0.05) is 11.8 Å². The summed E-state index contributed by atoms with van der Waals surface area (Å²) < 4.78 is 18.6. The Morgan fingerprint density at radius 1 is 0.935 bits per heavy atom. The number of carbonyl (C=O) groups excluding carboxylic acids is 1. The Kier molecular flexibility index (Phi) is 7.37. The Hall–Kier alpha value is -4.13. The summed E-state index contributed by atoms with van der Waals surface area (Å²) in [5.74, 6) is -0.406. The molecule has 0 aromatic heterocycles. The van der Waals surface area contributed by atoms with Crippen LogP contribution in [0.4, 0.5) is 14.9 Å². The molecular weight excluding hydrogens is 399 g/mol. The summed E-state index contributed by atoms with van der Waals surface area (Å²) in [5.41, 5.74) is 1.50. The van der Waals surface area contributed by atoms with Crippen LogP contribution >= 0.6 is 0 Å². The van der Waals surface area contributed by atoms with Crippen LogP contribution in [0.15, 0.2) is 91.0 Å². The minimum atomic E-state index is -1.09. The van der Waals surface area contributed by atoms with Gasteiger partial charge in [-0.3, -0.25) is 0 Å². The number of urea groups is 1. The quantitative estimate of drug-likeness (QED) is 0.448. The van der Waals surface area contributed by atoms with E-state index in [4.69, 9.17) is 9.84 Å². The second-order valence-corrected chi connectivity index (χ2v) is 6.67. The topological polar surface area (TPSA) is 87.7 Å². The van der Waals surface area contributed by atoms with E-state index in [2.05, 4.69) is 10.6 Å². The number of carbonyl (C=O) groups is 2. The van der Waals surface area contributed by atoms with E-state index in [1.165, 1.54) is 30.3 Å². The number of ether oxygens (including phenoxy) is 1. The van der Waals surface area contributed by atoms with E-state index in [0.717, 1.165) is 11.6 Å². The average Bonchev–Trinajstić information content (AvgIpc) is 2.76. The number of benzene rings is 3. The maximum Gasteiger partial charge on any atom is 0.328 e. The fraction of sp³-hybridized carbons (Fsp3) is 0.0833. The fourth-order valence-corrected chi connectivity index (χ4v) is 2.81. The number of rotatable bonds is 8. The number of hydrogen-bond acceptors (Lipinski definition) is 3. The molecule has 0 bridgehead atoms. The van der Waals surface area contributed by atoms with Crippen LogP contribution in [0.25, 0.3) is 0 Å². The monoisotopic (exact) mass is 420 g/mol. The van der Waals surface area contributed by atoms with Crippen molar-refractivity contribution in [2.75, 3.05) is 5.32 Å². The van der Waals surface area contributed by atoms with Crippen molar-refractivity contribution in [2.24, 2.45) is 0 Å². The van der Waals surface area contributed by atoms with E-state index in [1.807, 2.05) is 30.3 Å². The van der Waals surface area contributed by atoms with Crippen LogP contribution in [0, 0.1) is 5.82 Å². The molecule has 3 N–H and O–H groups in total. The van der Waals surface area contributed by atoms with E-state index in [0.29, 0.717) is 23.6 Å². The van der Waals surface area contributed by atoms with E-state index < -0.39 is 18.0 Å². The third kappa shape index (κ3) is 7.32. The standard InChI is InChI=1S/C24H21FN2O4/c25-18-6-11-21(12-7-18)31-22-13-8-19(9-14-22)26-24(30)27-20(10-15-23(28)29)16-17-4-2-1-3-5-17/h1-15,20H,16H2,(H,28,29)(H2,26,27,30). The van der Waals surface area contributed by atoms with Gasteiger partial charge in [-0.05, 0) is 60.5 Å². The van der Waals surface area contributed by atoms with Crippen LogP contribution in [0.1, 0.15) is 5.56 Å². The van der Waals surface area contributed by atoms with E-state index >= 15 is 0 Å². The lowest BCUT2D eigenvalue weighted by Gasteiger charge is -2.16. The Labute approximate surface area is 179 Å². The van der Waals surface area contributed by atoms with Crippen molar-refractivity contribution in [1.29, 1.82) is 0 Å². The molecule has 7 heteroatoms. The van der Waals surface area contributed by atoms with Gasteiger partial charge < -0.3 is 20.5 Å². The number of carboxylic acid groups (broad SMARTS) is 1. The third-order valence-electron chi connectivity index (χ3n) is 4.25. The van der Waals surface area contributed by atoms with Gasteiger partial charge in [0.1, 0.15) is 17.3 Å². The van der Waals surface area contributed by atoms with E-state index in [9.17, 15) is 14.0 Å². The first-order valence-corrected chi connectivity index (χ1v) is 9.54. The minimum absolute atomic E-state index is 0.346. The number of anilines is 1. The van der Waals surface area contributed by atoms with Crippen LogP contribution in [0.2, 0.25) is 0 Å². The van der Waals surface area contributed by atoms with Crippen LogP contribution in [0.5, 0.6) is 11.5 Å². The molecule has 0 saturated carbocycles. The molecule has 0 saturated heterocycles. The Balaban J connectivity index is 1.59. The summed E-state index contributed by atoms with van der Waals surface area (Å²) in [6.07, 6.45) is 2.90. The first kappa shape index (κ1) is 21.6.